The van der Waals surface area contributed by atoms with Crippen molar-refractivity contribution in [3.8, 4) is 0 Å². The molecule has 2 aromatic carbocycles. The van der Waals surface area contributed by atoms with Crippen molar-refractivity contribution in [1.82, 2.24) is 9.97 Å². The molecule has 0 aliphatic heterocycles. The molecule has 0 N–H and O–H groups in total. The van der Waals surface area contributed by atoms with Gasteiger partial charge in [0.1, 0.15) is 10.6 Å². The van der Waals surface area contributed by atoms with Gasteiger partial charge in [0.25, 0.3) is 0 Å². The van der Waals surface area contributed by atoms with Gasteiger partial charge < -0.3 is 4.90 Å². The second kappa shape index (κ2) is 9.30. The summed E-state index contributed by atoms with van der Waals surface area (Å²) in [5, 5.41) is -0.0982. The molecule has 0 atom stereocenters. The number of alkyl halides is 3. The van der Waals surface area contributed by atoms with Crippen LogP contribution in [0.5, 0.6) is 0 Å². The minimum atomic E-state index is -4.52. The summed E-state index contributed by atoms with van der Waals surface area (Å²) in [6.07, 6.45) is 2.50. The van der Waals surface area contributed by atoms with E-state index in [1.807, 2.05) is 18.2 Å². The van der Waals surface area contributed by atoms with Crippen molar-refractivity contribution in [1.29, 1.82) is 0 Å². The third kappa shape index (κ3) is 5.21. The van der Waals surface area contributed by atoms with Gasteiger partial charge >= 0.3 is 6.18 Å². The molecule has 0 radical (unpaired) electrons. The van der Waals surface area contributed by atoms with E-state index in [1.54, 1.807) is 36.2 Å². The molecule has 1 aromatic heterocycles. The number of nitrogens with zero attached hydrogens (tertiary/aromatic N) is 3. The van der Waals surface area contributed by atoms with E-state index in [9.17, 15) is 13.2 Å². The molecule has 31 heavy (non-hydrogen) atoms. The van der Waals surface area contributed by atoms with Crippen LogP contribution in [-0.2, 0) is 6.18 Å². The van der Waals surface area contributed by atoms with Crippen LogP contribution < -0.4 is 4.90 Å². The first kappa shape index (κ1) is 21.7. The third-order valence-corrected chi connectivity index (χ3v) is 6.65. The van der Waals surface area contributed by atoms with Crippen molar-refractivity contribution >= 4 is 23.4 Å². The summed E-state index contributed by atoms with van der Waals surface area (Å²) in [4.78, 5) is 10.8. The SMILES string of the molecule is CN(c1cccc(C2CCCCC2)c1)c1ncc(C(F)(F)F)c(Sc2ccccc2)n1. The Hall–Kier alpha value is -2.54. The average Bonchev–Trinajstić information content (AvgIpc) is 2.79. The molecule has 4 rings (SSSR count). The van der Waals surface area contributed by atoms with Crippen molar-refractivity contribution in [2.75, 3.05) is 11.9 Å². The third-order valence-electron chi connectivity index (χ3n) is 5.64. The van der Waals surface area contributed by atoms with Crippen molar-refractivity contribution < 1.29 is 13.2 Å². The van der Waals surface area contributed by atoms with Crippen LogP contribution in [0.4, 0.5) is 24.8 Å². The van der Waals surface area contributed by atoms with Gasteiger partial charge in [-0.1, -0.05) is 61.4 Å². The van der Waals surface area contributed by atoms with E-state index >= 15 is 0 Å². The fraction of sp³-hybridized carbons (Fsp3) is 0.333. The van der Waals surface area contributed by atoms with Crippen molar-refractivity contribution in [2.24, 2.45) is 0 Å². The quantitative estimate of drug-likeness (QED) is 0.383. The maximum atomic E-state index is 13.6. The zero-order chi connectivity index (χ0) is 21.8. The number of anilines is 2. The van der Waals surface area contributed by atoms with E-state index in [4.69, 9.17) is 0 Å². The first-order valence-electron chi connectivity index (χ1n) is 10.4. The molecule has 1 heterocycles. The molecule has 1 saturated carbocycles. The van der Waals surface area contributed by atoms with Gasteiger partial charge in [0.2, 0.25) is 5.95 Å². The molecular weight excluding hydrogens is 419 g/mol. The predicted molar refractivity (Wildman–Crippen MR) is 118 cm³/mol. The van der Waals surface area contributed by atoms with E-state index in [1.165, 1.54) is 37.7 Å². The number of hydrogen-bond acceptors (Lipinski definition) is 4. The lowest BCUT2D eigenvalue weighted by atomic mass is 9.84. The van der Waals surface area contributed by atoms with Crippen LogP contribution in [0.15, 0.2) is 70.7 Å². The number of halogens is 3. The Bertz CT molecular complexity index is 1020. The number of aromatic nitrogens is 2. The topological polar surface area (TPSA) is 29.0 Å². The highest BCUT2D eigenvalue weighted by Crippen LogP contribution is 2.39. The highest BCUT2D eigenvalue weighted by molar-refractivity contribution is 7.99. The first-order chi connectivity index (χ1) is 14.9. The summed E-state index contributed by atoms with van der Waals surface area (Å²) in [5.41, 5.74) is 1.32. The molecule has 3 nitrogen and oxygen atoms in total. The largest absolute Gasteiger partial charge is 0.420 e. The standard InChI is InChI=1S/C24H24F3N3S/c1-30(19-12-8-11-18(15-19)17-9-4-2-5-10-17)23-28-16-21(24(25,26)27)22(29-23)31-20-13-6-3-7-14-20/h3,6-8,11-17H,2,4-5,9-10H2,1H3. The minimum Gasteiger partial charge on any atom is -0.314 e. The van der Waals surface area contributed by atoms with Crippen molar-refractivity contribution in [2.45, 2.75) is 54.1 Å². The molecule has 0 unspecified atom stereocenters. The highest BCUT2D eigenvalue weighted by Gasteiger charge is 2.35. The van der Waals surface area contributed by atoms with Gasteiger partial charge in [0.05, 0.1) is 0 Å². The van der Waals surface area contributed by atoms with E-state index in [0.29, 0.717) is 10.8 Å². The lowest BCUT2D eigenvalue weighted by Crippen LogP contribution is -2.17. The molecular formula is C24H24F3N3S. The molecule has 0 saturated heterocycles. The van der Waals surface area contributed by atoms with Gasteiger partial charge in [0, 0.05) is 23.8 Å². The van der Waals surface area contributed by atoms with Crippen LogP contribution in [-0.4, -0.2) is 17.0 Å². The first-order valence-corrected chi connectivity index (χ1v) is 11.2. The second-order valence-corrected chi connectivity index (χ2v) is 8.85. The summed E-state index contributed by atoms with van der Waals surface area (Å²) >= 11 is 0.996. The molecule has 162 valence electrons. The fourth-order valence-corrected chi connectivity index (χ4v) is 4.85. The van der Waals surface area contributed by atoms with Gasteiger partial charge in [-0.3, -0.25) is 0 Å². The molecule has 0 amide bonds. The average molecular weight is 444 g/mol. The second-order valence-electron chi connectivity index (χ2n) is 7.79. The van der Waals surface area contributed by atoms with Gasteiger partial charge in [0.15, 0.2) is 0 Å². The lowest BCUT2D eigenvalue weighted by Gasteiger charge is -2.24. The van der Waals surface area contributed by atoms with Crippen LogP contribution >= 0.6 is 11.8 Å². The monoisotopic (exact) mass is 443 g/mol. The Balaban J connectivity index is 1.65. The van der Waals surface area contributed by atoms with E-state index < -0.39 is 11.7 Å². The molecule has 0 bridgehead atoms. The van der Waals surface area contributed by atoms with Gasteiger partial charge in [-0.2, -0.15) is 13.2 Å². The zero-order valence-electron chi connectivity index (χ0n) is 17.3. The Morgan fingerprint density at radius 3 is 2.42 bits per heavy atom. The lowest BCUT2D eigenvalue weighted by molar-refractivity contribution is -0.140. The van der Waals surface area contributed by atoms with Gasteiger partial charge in [-0.15, -0.1) is 0 Å². The maximum Gasteiger partial charge on any atom is 0.420 e. The highest BCUT2D eigenvalue weighted by atomic mass is 32.2. The van der Waals surface area contributed by atoms with E-state index in [-0.39, 0.29) is 11.0 Å². The summed E-state index contributed by atoms with van der Waals surface area (Å²) in [7, 11) is 1.79. The Morgan fingerprint density at radius 2 is 1.71 bits per heavy atom. The van der Waals surface area contributed by atoms with Crippen LogP contribution in [0, 0.1) is 0 Å². The Labute approximate surface area is 184 Å². The molecule has 0 spiro atoms. The van der Waals surface area contributed by atoms with Crippen LogP contribution in [0.2, 0.25) is 0 Å². The van der Waals surface area contributed by atoms with E-state index in [0.717, 1.165) is 23.6 Å². The van der Waals surface area contributed by atoms with Crippen molar-refractivity contribution in [3.05, 3.63) is 71.9 Å². The summed E-state index contributed by atoms with van der Waals surface area (Å²) < 4.78 is 40.7. The normalized spacial score (nSPS) is 15.1. The van der Waals surface area contributed by atoms with E-state index in [2.05, 4.69) is 22.1 Å². The number of rotatable bonds is 5. The predicted octanol–water partition coefficient (Wildman–Crippen LogP) is 7.46. The number of hydrogen-bond donors (Lipinski definition) is 0. The maximum absolute atomic E-state index is 13.6. The van der Waals surface area contributed by atoms with Crippen LogP contribution in [0.25, 0.3) is 0 Å². The summed E-state index contributed by atoms with van der Waals surface area (Å²) in [6.45, 7) is 0. The fourth-order valence-electron chi connectivity index (χ4n) is 3.93. The molecule has 1 aliphatic carbocycles. The molecule has 1 aliphatic rings. The molecule has 3 aromatic rings. The summed E-state index contributed by atoms with van der Waals surface area (Å²) in [6, 6.07) is 17.1. The Morgan fingerprint density at radius 1 is 0.968 bits per heavy atom. The molecule has 1 fully saturated rings. The smallest absolute Gasteiger partial charge is 0.314 e. The summed E-state index contributed by atoms with van der Waals surface area (Å²) in [5.74, 6) is 0.784. The van der Waals surface area contributed by atoms with Crippen LogP contribution in [0.3, 0.4) is 0 Å². The minimum absolute atomic E-state index is 0.0982. The zero-order valence-corrected chi connectivity index (χ0v) is 18.1. The van der Waals surface area contributed by atoms with Crippen molar-refractivity contribution in [3.63, 3.8) is 0 Å². The van der Waals surface area contributed by atoms with Gasteiger partial charge in [-0.25, -0.2) is 9.97 Å². The van der Waals surface area contributed by atoms with Crippen LogP contribution in [0.1, 0.15) is 49.1 Å². The van der Waals surface area contributed by atoms with Gasteiger partial charge in [-0.05, 0) is 48.6 Å². The Kier molecular flexibility index (Phi) is 6.51. The molecule has 7 heteroatoms. The number of benzene rings is 2.